The van der Waals surface area contributed by atoms with E-state index in [4.69, 9.17) is 15.2 Å². The molecule has 1 aliphatic heterocycles. The Kier molecular flexibility index (Phi) is 2.11. The summed E-state index contributed by atoms with van der Waals surface area (Å²) in [6.07, 6.45) is 1.23. The Labute approximate surface area is 112 Å². The number of nitrogen functional groups attached to an aromatic ring is 1. The van der Waals surface area contributed by atoms with Crippen LogP contribution in [-0.2, 0) is 0 Å². The van der Waals surface area contributed by atoms with Crippen molar-refractivity contribution in [1.82, 2.24) is 14.6 Å². The van der Waals surface area contributed by atoms with Crippen molar-refractivity contribution in [1.29, 1.82) is 0 Å². The summed E-state index contributed by atoms with van der Waals surface area (Å²) in [5.74, 6) is 1.31. The first kappa shape index (κ1) is 11.0. The van der Waals surface area contributed by atoms with E-state index in [0.29, 0.717) is 23.0 Å². The summed E-state index contributed by atoms with van der Waals surface area (Å²) in [6.45, 7) is 0.204. The lowest BCUT2D eigenvalue weighted by molar-refractivity contribution is 0.174. The molecule has 0 saturated carbocycles. The first-order chi connectivity index (χ1) is 9.70. The quantitative estimate of drug-likeness (QED) is 0.731. The zero-order chi connectivity index (χ0) is 13.7. The molecule has 7 heteroatoms. The molecule has 0 atom stereocenters. The number of nitrogens with two attached hydrogens (primary N) is 1. The summed E-state index contributed by atoms with van der Waals surface area (Å²) in [6, 6.07) is 6.60. The minimum absolute atomic E-state index is 0.204. The second-order valence-electron chi connectivity index (χ2n) is 4.39. The van der Waals surface area contributed by atoms with Crippen molar-refractivity contribution in [3.63, 3.8) is 0 Å². The molecule has 0 spiro atoms. The highest BCUT2D eigenvalue weighted by Crippen LogP contribution is 2.35. The van der Waals surface area contributed by atoms with Crippen LogP contribution in [0.25, 0.3) is 17.0 Å². The van der Waals surface area contributed by atoms with Crippen LogP contribution in [0.1, 0.15) is 0 Å². The summed E-state index contributed by atoms with van der Waals surface area (Å²) < 4.78 is 25.2. The number of anilines is 1. The molecule has 0 fully saturated rings. The highest BCUT2D eigenvalue weighted by Gasteiger charge is 2.16. The third-order valence-electron chi connectivity index (χ3n) is 3.06. The smallest absolute Gasteiger partial charge is 0.231 e. The number of rotatable bonds is 1. The third-order valence-corrected chi connectivity index (χ3v) is 3.06. The number of ether oxygens (including phenoxy) is 2. The maximum Gasteiger partial charge on any atom is 0.231 e. The number of hydrogen-bond acceptors (Lipinski definition) is 5. The van der Waals surface area contributed by atoms with Crippen LogP contribution in [0.15, 0.2) is 30.5 Å². The normalized spacial score (nSPS) is 13.1. The predicted octanol–water partition coefficient (Wildman–Crippen LogP) is 1.85. The van der Waals surface area contributed by atoms with Crippen LogP contribution in [0.2, 0.25) is 0 Å². The Bertz CT molecular complexity index is 831. The molecular weight excluding hydrogens is 263 g/mol. The van der Waals surface area contributed by atoms with Crippen LogP contribution in [-0.4, -0.2) is 21.4 Å². The Morgan fingerprint density at radius 3 is 2.95 bits per heavy atom. The van der Waals surface area contributed by atoms with Crippen LogP contribution in [0.4, 0.5) is 10.1 Å². The van der Waals surface area contributed by atoms with E-state index in [9.17, 15) is 4.39 Å². The molecule has 0 bridgehead atoms. The van der Waals surface area contributed by atoms with Gasteiger partial charge in [0.05, 0.1) is 11.9 Å². The van der Waals surface area contributed by atoms with Crippen molar-refractivity contribution in [2.45, 2.75) is 0 Å². The Morgan fingerprint density at radius 1 is 1.20 bits per heavy atom. The van der Waals surface area contributed by atoms with E-state index < -0.39 is 5.82 Å². The number of benzene rings is 1. The molecule has 20 heavy (non-hydrogen) atoms. The third kappa shape index (κ3) is 1.56. The van der Waals surface area contributed by atoms with E-state index in [-0.39, 0.29) is 12.5 Å². The minimum atomic E-state index is -0.461. The first-order valence-corrected chi connectivity index (χ1v) is 5.92. The van der Waals surface area contributed by atoms with Crippen molar-refractivity contribution in [2.24, 2.45) is 0 Å². The van der Waals surface area contributed by atoms with E-state index in [1.165, 1.54) is 16.8 Å². The maximum atomic E-state index is 13.3. The van der Waals surface area contributed by atoms with Gasteiger partial charge in [-0.3, -0.25) is 0 Å². The zero-order valence-corrected chi connectivity index (χ0v) is 10.2. The van der Waals surface area contributed by atoms with E-state index in [2.05, 4.69) is 10.1 Å². The molecule has 2 N–H and O–H groups in total. The lowest BCUT2D eigenvalue weighted by atomic mass is 10.2. The van der Waals surface area contributed by atoms with Gasteiger partial charge >= 0.3 is 0 Å². The molecule has 100 valence electrons. The van der Waals surface area contributed by atoms with Crippen molar-refractivity contribution in [2.75, 3.05) is 12.5 Å². The largest absolute Gasteiger partial charge is 0.454 e. The van der Waals surface area contributed by atoms with Gasteiger partial charge in [0.2, 0.25) is 6.79 Å². The highest BCUT2D eigenvalue weighted by atomic mass is 19.1. The van der Waals surface area contributed by atoms with Gasteiger partial charge < -0.3 is 15.2 Å². The standard InChI is InChI=1S/C13H9FN4O2/c14-8-4-9(15)13-16-12(17-18(13)5-8)7-1-2-10-11(3-7)20-6-19-10/h1-5H,6,15H2. The molecule has 0 radical (unpaired) electrons. The number of nitrogens with zero attached hydrogens (tertiary/aromatic N) is 3. The van der Waals surface area contributed by atoms with Gasteiger partial charge in [-0.1, -0.05) is 0 Å². The number of halogens is 1. The van der Waals surface area contributed by atoms with Gasteiger partial charge in [0.15, 0.2) is 23.0 Å². The fourth-order valence-corrected chi connectivity index (χ4v) is 2.14. The molecule has 3 heterocycles. The fraction of sp³-hybridized carbons (Fsp3) is 0.0769. The molecule has 6 nitrogen and oxygen atoms in total. The van der Waals surface area contributed by atoms with Gasteiger partial charge in [-0.25, -0.2) is 13.9 Å². The molecule has 1 aliphatic rings. The number of pyridine rings is 1. The van der Waals surface area contributed by atoms with Gasteiger partial charge in [0.1, 0.15) is 5.82 Å². The maximum absolute atomic E-state index is 13.3. The average Bonchev–Trinajstić information content (AvgIpc) is 3.03. The number of hydrogen-bond donors (Lipinski definition) is 1. The van der Waals surface area contributed by atoms with Gasteiger partial charge in [0.25, 0.3) is 0 Å². The molecule has 0 saturated heterocycles. The number of fused-ring (bicyclic) bond motifs is 2. The summed E-state index contributed by atoms with van der Waals surface area (Å²) in [5.41, 5.74) is 7.13. The van der Waals surface area contributed by atoms with Crippen molar-refractivity contribution >= 4 is 11.3 Å². The van der Waals surface area contributed by atoms with Crippen molar-refractivity contribution in [3.8, 4) is 22.9 Å². The molecule has 0 amide bonds. The van der Waals surface area contributed by atoms with Crippen LogP contribution < -0.4 is 15.2 Å². The summed E-state index contributed by atoms with van der Waals surface area (Å²) >= 11 is 0. The van der Waals surface area contributed by atoms with Crippen molar-refractivity contribution in [3.05, 3.63) is 36.3 Å². The average molecular weight is 272 g/mol. The van der Waals surface area contributed by atoms with Gasteiger partial charge in [0, 0.05) is 11.6 Å². The molecule has 2 aromatic heterocycles. The molecule has 4 rings (SSSR count). The molecule has 3 aromatic rings. The van der Waals surface area contributed by atoms with E-state index in [0.717, 1.165) is 5.56 Å². The highest BCUT2D eigenvalue weighted by molar-refractivity contribution is 5.69. The van der Waals surface area contributed by atoms with Crippen LogP contribution in [0.5, 0.6) is 11.5 Å². The molecule has 0 unspecified atom stereocenters. The van der Waals surface area contributed by atoms with Crippen LogP contribution in [0, 0.1) is 5.82 Å². The second-order valence-corrected chi connectivity index (χ2v) is 4.39. The fourth-order valence-electron chi connectivity index (χ4n) is 2.14. The Hall–Kier alpha value is -2.83. The molecule has 0 aliphatic carbocycles. The Morgan fingerprint density at radius 2 is 2.05 bits per heavy atom. The predicted molar refractivity (Wildman–Crippen MR) is 68.9 cm³/mol. The zero-order valence-electron chi connectivity index (χ0n) is 10.2. The summed E-state index contributed by atoms with van der Waals surface area (Å²) in [7, 11) is 0. The minimum Gasteiger partial charge on any atom is -0.454 e. The Balaban J connectivity index is 1.88. The van der Waals surface area contributed by atoms with Gasteiger partial charge in [-0.05, 0) is 18.2 Å². The van der Waals surface area contributed by atoms with E-state index in [1.807, 2.05) is 6.07 Å². The molecule has 1 aromatic carbocycles. The van der Waals surface area contributed by atoms with E-state index >= 15 is 0 Å². The topological polar surface area (TPSA) is 74.7 Å². The van der Waals surface area contributed by atoms with Crippen LogP contribution in [0.3, 0.4) is 0 Å². The van der Waals surface area contributed by atoms with Gasteiger partial charge in [-0.2, -0.15) is 0 Å². The van der Waals surface area contributed by atoms with Gasteiger partial charge in [-0.15, -0.1) is 5.10 Å². The lowest BCUT2D eigenvalue weighted by Gasteiger charge is -1.97. The summed E-state index contributed by atoms with van der Waals surface area (Å²) in [5, 5.41) is 4.22. The SMILES string of the molecule is Nc1cc(F)cn2nc(-c3ccc4c(c3)OCO4)nc12. The monoisotopic (exact) mass is 272 g/mol. The summed E-state index contributed by atoms with van der Waals surface area (Å²) in [4.78, 5) is 4.31. The lowest BCUT2D eigenvalue weighted by Crippen LogP contribution is -1.95. The van der Waals surface area contributed by atoms with Crippen LogP contribution >= 0.6 is 0 Å². The van der Waals surface area contributed by atoms with Crippen molar-refractivity contribution < 1.29 is 13.9 Å². The number of aromatic nitrogens is 3. The second kappa shape index (κ2) is 3.83. The first-order valence-electron chi connectivity index (χ1n) is 5.92. The van der Waals surface area contributed by atoms with E-state index in [1.54, 1.807) is 12.1 Å². The molecular formula is C13H9FN4O2.